The Morgan fingerprint density at radius 3 is 2.79 bits per heavy atom. The van der Waals surface area contributed by atoms with Crippen molar-refractivity contribution in [1.82, 2.24) is 4.90 Å². The Morgan fingerprint density at radius 2 is 2.11 bits per heavy atom. The molecule has 2 heterocycles. The Kier molecular flexibility index (Phi) is 3.52. The molecule has 2 fully saturated rings. The Balaban J connectivity index is 1.85. The molecule has 19 heavy (non-hydrogen) atoms. The standard InChI is InChI=1S/C15H18N2O2/c1-18-13-7-12(9-16)17-14(10-19-15(17)8-13)11-5-3-2-4-6-11/h2-6,12-15H,7-8,10H2,1H3/t12-,13-,14-,15+/m0/s1. The maximum atomic E-state index is 9.41. The van der Waals surface area contributed by atoms with Gasteiger partial charge in [-0.1, -0.05) is 30.3 Å². The number of ether oxygens (including phenoxy) is 2. The van der Waals surface area contributed by atoms with Crippen molar-refractivity contribution in [1.29, 1.82) is 5.26 Å². The van der Waals surface area contributed by atoms with Gasteiger partial charge in [0.2, 0.25) is 0 Å². The van der Waals surface area contributed by atoms with Gasteiger partial charge in [0.25, 0.3) is 0 Å². The van der Waals surface area contributed by atoms with Gasteiger partial charge in [0.15, 0.2) is 0 Å². The highest BCUT2D eigenvalue weighted by atomic mass is 16.5. The number of benzene rings is 1. The molecule has 0 aromatic heterocycles. The second-order valence-corrected chi connectivity index (χ2v) is 5.14. The van der Waals surface area contributed by atoms with Crippen LogP contribution in [0.4, 0.5) is 0 Å². The van der Waals surface area contributed by atoms with E-state index in [1.807, 2.05) is 18.2 Å². The first-order chi connectivity index (χ1) is 9.33. The van der Waals surface area contributed by atoms with Crippen LogP contribution < -0.4 is 0 Å². The van der Waals surface area contributed by atoms with Gasteiger partial charge in [0, 0.05) is 20.0 Å². The van der Waals surface area contributed by atoms with E-state index in [1.54, 1.807) is 7.11 Å². The molecule has 0 aliphatic carbocycles. The first-order valence-corrected chi connectivity index (χ1v) is 6.70. The number of piperidine rings is 1. The molecule has 0 unspecified atom stereocenters. The zero-order valence-electron chi connectivity index (χ0n) is 11.0. The molecule has 0 radical (unpaired) electrons. The van der Waals surface area contributed by atoms with Gasteiger partial charge in [0.1, 0.15) is 12.3 Å². The summed E-state index contributed by atoms with van der Waals surface area (Å²) in [6, 6.07) is 12.8. The molecule has 4 atom stereocenters. The van der Waals surface area contributed by atoms with Crippen LogP contribution in [0, 0.1) is 11.3 Å². The van der Waals surface area contributed by atoms with E-state index < -0.39 is 0 Å². The molecular formula is C15H18N2O2. The van der Waals surface area contributed by atoms with Gasteiger partial charge < -0.3 is 9.47 Å². The highest BCUT2D eigenvalue weighted by Crippen LogP contribution is 2.38. The molecule has 100 valence electrons. The molecule has 2 aliphatic heterocycles. The summed E-state index contributed by atoms with van der Waals surface area (Å²) < 4.78 is 11.3. The average molecular weight is 258 g/mol. The summed E-state index contributed by atoms with van der Waals surface area (Å²) in [4.78, 5) is 2.21. The Hall–Kier alpha value is -1.41. The van der Waals surface area contributed by atoms with Crippen LogP contribution in [0.1, 0.15) is 24.4 Å². The topological polar surface area (TPSA) is 45.5 Å². The van der Waals surface area contributed by atoms with E-state index in [4.69, 9.17) is 9.47 Å². The number of methoxy groups -OCH3 is 1. The number of fused-ring (bicyclic) bond motifs is 1. The van der Waals surface area contributed by atoms with Crippen LogP contribution in [0.2, 0.25) is 0 Å². The molecule has 0 saturated carbocycles. The lowest BCUT2D eigenvalue weighted by Crippen LogP contribution is -2.48. The minimum Gasteiger partial charge on any atom is -0.381 e. The van der Waals surface area contributed by atoms with E-state index in [0.717, 1.165) is 12.8 Å². The lowest BCUT2D eigenvalue weighted by Gasteiger charge is -2.39. The summed E-state index contributed by atoms with van der Waals surface area (Å²) in [7, 11) is 1.71. The minimum atomic E-state index is -0.128. The molecular weight excluding hydrogens is 240 g/mol. The SMILES string of the molecule is CO[C@H]1C[C@@H](C#N)N2[C@@H](C1)OC[C@H]2c1ccccc1. The fourth-order valence-corrected chi connectivity index (χ4v) is 3.13. The molecule has 4 heteroatoms. The van der Waals surface area contributed by atoms with E-state index in [-0.39, 0.29) is 24.4 Å². The minimum absolute atomic E-state index is 0.00792. The van der Waals surface area contributed by atoms with Crippen LogP contribution >= 0.6 is 0 Å². The van der Waals surface area contributed by atoms with E-state index in [9.17, 15) is 5.26 Å². The molecule has 1 aromatic rings. The normalized spacial score (nSPS) is 34.7. The third-order valence-electron chi connectivity index (χ3n) is 4.12. The summed E-state index contributed by atoms with van der Waals surface area (Å²) in [5.74, 6) is 0. The van der Waals surface area contributed by atoms with Gasteiger partial charge in [-0.25, -0.2) is 0 Å². The van der Waals surface area contributed by atoms with Crippen molar-refractivity contribution in [2.24, 2.45) is 0 Å². The molecule has 4 nitrogen and oxygen atoms in total. The number of hydrogen-bond acceptors (Lipinski definition) is 4. The number of hydrogen-bond donors (Lipinski definition) is 0. The van der Waals surface area contributed by atoms with Crippen molar-refractivity contribution in [3.8, 4) is 6.07 Å². The Labute approximate surface area is 113 Å². The number of nitrogens with zero attached hydrogens (tertiary/aromatic N) is 2. The number of rotatable bonds is 2. The van der Waals surface area contributed by atoms with Gasteiger partial charge in [-0.3, -0.25) is 4.90 Å². The molecule has 1 aromatic carbocycles. The lowest BCUT2D eigenvalue weighted by molar-refractivity contribution is -0.0725. The van der Waals surface area contributed by atoms with Crippen LogP contribution in [0.5, 0.6) is 0 Å². The average Bonchev–Trinajstić information content (AvgIpc) is 2.91. The van der Waals surface area contributed by atoms with Crippen molar-refractivity contribution in [3.05, 3.63) is 35.9 Å². The largest absolute Gasteiger partial charge is 0.381 e. The Bertz CT molecular complexity index is 471. The summed E-state index contributed by atoms with van der Waals surface area (Å²) in [5, 5.41) is 9.41. The van der Waals surface area contributed by atoms with Gasteiger partial charge in [0.05, 0.1) is 24.8 Å². The van der Waals surface area contributed by atoms with Crippen molar-refractivity contribution >= 4 is 0 Å². The molecule has 0 N–H and O–H groups in total. The van der Waals surface area contributed by atoms with Crippen molar-refractivity contribution in [3.63, 3.8) is 0 Å². The summed E-state index contributed by atoms with van der Waals surface area (Å²) in [6.07, 6.45) is 1.74. The van der Waals surface area contributed by atoms with Gasteiger partial charge >= 0.3 is 0 Å². The van der Waals surface area contributed by atoms with Crippen molar-refractivity contribution < 1.29 is 9.47 Å². The van der Waals surface area contributed by atoms with Crippen molar-refractivity contribution in [2.45, 2.75) is 37.3 Å². The zero-order valence-corrected chi connectivity index (χ0v) is 11.0. The molecule has 0 spiro atoms. The number of nitriles is 1. The smallest absolute Gasteiger partial charge is 0.114 e. The van der Waals surface area contributed by atoms with E-state index in [2.05, 4.69) is 23.1 Å². The molecule has 0 amide bonds. The summed E-state index contributed by atoms with van der Waals surface area (Å²) in [6.45, 7) is 0.656. The quantitative estimate of drug-likeness (QED) is 0.815. The van der Waals surface area contributed by atoms with Crippen LogP contribution in [-0.4, -0.2) is 37.0 Å². The van der Waals surface area contributed by atoms with Crippen LogP contribution in [-0.2, 0) is 9.47 Å². The van der Waals surface area contributed by atoms with Crippen LogP contribution in [0.3, 0.4) is 0 Å². The van der Waals surface area contributed by atoms with Crippen molar-refractivity contribution in [2.75, 3.05) is 13.7 Å². The predicted octanol–water partition coefficient (Wildman–Crippen LogP) is 2.09. The van der Waals surface area contributed by atoms with E-state index in [0.29, 0.717) is 6.61 Å². The highest BCUT2D eigenvalue weighted by Gasteiger charge is 2.45. The molecule has 0 bridgehead atoms. The molecule has 3 rings (SSSR count). The van der Waals surface area contributed by atoms with E-state index >= 15 is 0 Å². The summed E-state index contributed by atoms with van der Waals surface area (Å²) >= 11 is 0. The first-order valence-electron chi connectivity index (χ1n) is 6.70. The van der Waals surface area contributed by atoms with Gasteiger partial charge in [-0.05, 0) is 5.56 Å². The lowest BCUT2D eigenvalue weighted by atomic mass is 9.95. The monoisotopic (exact) mass is 258 g/mol. The Morgan fingerprint density at radius 1 is 1.32 bits per heavy atom. The fraction of sp³-hybridized carbons (Fsp3) is 0.533. The first kappa shape index (κ1) is 12.6. The highest BCUT2D eigenvalue weighted by molar-refractivity contribution is 5.21. The van der Waals surface area contributed by atoms with Crippen LogP contribution in [0.25, 0.3) is 0 Å². The third kappa shape index (κ3) is 2.25. The molecule has 2 aliphatic rings. The van der Waals surface area contributed by atoms with E-state index in [1.165, 1.54) is 5.56 Å². The predicted molar refractivity (Wildman–Crippen MR) is 70.2 cm³/mol. The van der Waals surface area contributed by atoms with Gasteiger partial charge in [-0.15, -0.1) is 0 Å². The third-order valence-corrected chi connectivity index (χ3v) is 4.12. The summed E-state index contributed by atoms with van der Waals surface area (Å²) in [5.41, 5.74) is 1.22. The second kappa shape index (κ2) is 5.30. The van der Waals surface area contributed by atoms with Crippen LogP contribution in [0.15, 0.2) is 30.3 Å². The van der Waals surface area contributed by atoms with Gasteiger partial charge in [-0.2, -0.15) is 5.26 Å². The fourth-order valence-electron chi connectivity index (χ4n) is 3.13. The maximum absolute atomic E-state index is 9.41. The maximum Gasteiger partial charge on any atom is 0.114 e. The zero-order chi connectivity index (χ0) is 13.2. The second-order valence-electron chi connectivity index (χ2n) is 5.14. The molecule has 2 saturated heterocycles.